The monoisotopic (exact) mass is 563 g/mol. The molecular weight excluding hydrogens is 530 g/mol. The molecule has 40 heavy (non-hydrogen) atoms. The summed E-state index contributed by atoms with van der Waals surface area (Å²) in [5, 5.41) is 3.39. The lowest BCUT2D eigenvalue weighted by atomic mass is 9.90. The maximum Gasteiger partial charge on any atom is 0.418 e. The molecular formula is C29H33F4N3O4. The van der Waals surface area contributed by atoms with Crippen molar-refractivity contribution in [1.29, 1.82) is 0 Å². The molecule has 11 heteroatoms. The Balaban J connectivity index is 1.53. The molecule has 1 heterocycles. The van der Waals surface area contributed by atoms with E-state index < -0.39 is 54.6 Å². The standard InChI is InChI=1S/C29H33F4N3O4/c1-5-27(3,4)17-34-22-10-11-23-20(14-22)12-13-28(23)25(38)36(26(39)40-28)16-24(37)35(18(2)29(31,32)33)15-19-6-8-21(30)9-7-19/h6-11,14,18,34H,5,12-13,15-17H2,1-4H3/t18-,28+/m0/s1. The van der Waals surface area contributed by atoms with E-state index in [0.29, 0.717) is 21.8 Å². The number of ether oxygens (including phenoxy) is 1. The lowest BCUT2D eigenvalue weighted by molar-refractivity contribution is -0.187. The molecule has 0 radical (unpaired) electrons. The molecule has 7 nitrogen and oxygen atoms in total. The number of anilines is 1. The first-order valence-electron chi connectivity index (χ1n) is 13.2. The van der Waals surface area contributed by atoms with Crippen molar-refractivity contribution in [3.05, 3.63) is 65.0 Å². The number of carbonyl (C=O) groups excluding carboxylic acids is 3. The highest BCUT2D eigenvalue weighted by molar-refractivity contribution is 6.06. The molecule has 2 aromatic carbocycles. The molecule has 1 aliphatic carbocycles. The van der Waals surface area contributed by atoms with E-state index in [2.05, 4.69) is 26.1 Å². The van der Waals surface area contributed by atoms with E-state index in [9.17, 15) is 31.9 Å². The number of benzene rings is 2. The Morgan fingerprint density at radius 3 is 2.45 bits per heavy atom. The van der Waals surface area contributed by atoms with Gasteiger partial charge >= 0.3 is 12.3 Å². The van der Waals surface area contributed by atoms with E-state index in [1.54, 1.807) is 12.1 Å². The van der Waals surface area contributed by atoms with Gasteiger partial charge in [-0.25, -0.2) is 14.1 Å². The van der Waals surface area contributed by atoms with Crippen molar-refractivity contribution in [2.75, 3.05) is 18.4 Å². The number of alkyl halides is 3. The zero-order chi connectivity index (χ0) is 29.5. The van der Waals surface area contributed by atoms with Crippen LogP contribution < -0.4 is 5.32 Å². The molecule has 2 atom stereocenters. The topological polar surface area (TPSA) is 79.0 Å². The minimum Gasteiger partial charge on any atom is -0.427 e. The zero-order valence-electron chi connectivity index (χ0n) is 22.9. The molecule has 2 aromatic rings. The average Bonchev–Trinajstić information content (AvgIpc) is 3.38. The molecule has 216 valence electrons. The second-order valence-electron chi connectivity index (χ2n) is 11.2. The summed E-state index contributed by atoms with van der Waals surface area (Å²) < 4.78 is 59.8. The van der Waals surface area contributed by atoms with Crippen molar-refractivity contribution in [3.63, 3.8) is 0 Å². The van der Waals surface area contributed by atoms with Crippen LogP contribution in [0.3, 0.4) is 0 Å². The highest BCUT2D eigenvalue weighted by Gasteiger charge is 2.58. The third kappa shape index (κ3) is 5.78. The molecule has 1 N–H and O–H groups in total. The van der Waals surface area contributed by atoms with Gasteiger partial charge in [-0.3, -0.25) is 9.59 Å². The van der Waals surface area contributed by atoms with Gasteiger partial charge in [0.15, 0.2) is 0 Å². The fourth-order valence-corrected chi connectivity index (χ4v) is 4.86. The van der Waals surface area contributed by atoms with E-state index in [-0.39, 0.29) is 17.4 Å². The first-order chi connectivity index (χ1) is 18.7. The van der Waals surface area contributed by atoms with Gasteiger partial charge in [-0.05, 0) is 60.6 Å². The predicted octanol–water partition coefficient (Wildman–Crippen LogP) is 5.77. The number of imide groups is 1. The molecule has 2 aliphatic rings. The van der Waals surface area contributed by atoms with E-state index in [1.165, 1.54) is 12.1 Å². The van der Waals surface area contributed by atoms with Crippen molar-refractivity contribution >= 4 is 23.6 Å². The summed E-state index contributed by atoms with van der Waals surface area (Å²) in [4.78, 5) is 40.6. The van der Waals surface area contributed by atoms with Crippen LogP contribution in [0.15, 0.2) is 42.5 Å². The van der Waals surface area contributed by atoms with E-state index in [1.807, 2.05) is 6.07 Å². The fraction of sp³-hybridized carbons (Fsp3) is 0.483. The summed E-state index contributed by atoms with van der Waals surface area (Å²) in [5.74, 6) is -2.45. The van der Waals surface area contributed by atoms with Gasteiger partial charge in [0.05, 0.1) is 0 Å². The second kappa shape index (κ2) is 10.7. The van der Waals surface area contributed by atoms with E-state index >= 15 is 0 Å². The molecule has 0 unspecified atom stereocenters. The van der Waals surface area contributed by atoms with Crippen LogP contribution in [0.1, 0.15) is 57.2 Å². The van der Waals surface area contributed by atoms with Crippen LogP contribution in [-0.2, 0) is 32.9 Å². The second-order valence-corrected chi connectivity index (χ2v) is 11.2. The highest BCUT2D eigenvalue weighted by Crippen LogP contribution is 2.46. The number of halogens is 4. The number of hydrogen-bond acceptors (Lipinski definition) is 5. The summed E-state index contributed by atoms with van der Waals surface area (Å²) >= 11 is 0. The number of nitrogens with zero attached hydrogens (tertiary/aromatic N) is 2. The zero-order valence-corrected chi connectivity index (χ0v) is 22.9. The van der Waals surface area contributed by atoms with Gasteiger partial charge in [0, 0.05) is 30.8 Å². The predicted molar refractivity (Wildman–Crippen MR) is 140 cm³/mol. The maximum atomic E-state index is 13.6. The van der Waals surface area contributed by atoms with Gasteiger partial charge in [-0.15, -0.1) is 0 Å². The van der Waals surface area contributed by atoms with Crippen molar-refractivity contribution in [3.8, 4) is 0 Å². The van der Waals surface area contributed by atoms with Crippen molar-refractivity contribution in [2.45, 2.75) is 71.3 Å². The van der Waals surface area contributed by atoms with Gasteiger partial charge in [0.1, 0.15) is 18.4 Å². The van der Waals surface area contributed by atoms with Crippen LogP contribution in [0.2, 0.25) is 0 Å². The fourth-order valence-electron chi connectivity index (χ4n) is 4.86. The number of fused-ring (bicyclic) bond motifs is 2. The Hall–Kier alpha value is -3.63. The maximum absolute atomic E-state index is 13.6. The summed E-state index contributed by atoms with van der Waals surface area (Å²) in [7, 11) is 0. The number of nitrogens with one attached hydrogen (secondary N) is 1. The van der Waals surface area contributed by atoms with Crippen LogP contribution in [0.4, 0.5) is 28.0 Å². The third-order valence-electron chi connectivity index (χ3n) is 7.91. The van der Waals surface area contributed by atoms with Crippen LogP contribution in [0, 0.1) is 11.2 Å². The number of hydrogen-bond donors (Lipinski definition) is 1. The van der Waals surface area contributed by atoms with Crippen LogP contribution in [0.25, 0.3) is 0 Å². The summed E-state index contributed by atoms with van der Waals surface area (Å²) in [5.41, 5.74) is 0.905. The largest absolute Gasteiger partial charge is 0.427 e. The van der Waals surface area contributed by atoms with Gasteiger partial charge in [-0.1, -0.05) is 39.0 Å². The molecule has 1 aliphatic heterocycles. The smallest absolute Gasteiger partial charge is 0.418 e. The quantitative estimate of drug-likeness (QED) is 0.392. The Bertz CT molecular complexity index is 1300. The van der Waals surface area contributed by atoms with Gasteiger partial charge in [0.25, 0.3) is 5.91 Å². The van der Waals surface area contributed by atoms with E-state index in [0.717, 1.165) is 43.3 Å². The minimum absolute atomic E-state index is 0.0818. The lowest BCUT2D eigenvalue weighted by Crippen LogP contribution is -2.51. The highest BCUT2D eigenvalue weighted by atomic mass is 19.4. The number of carbonyl (C=O) groups is 3. The Kier molecular flexibility index (Phi) is 7.88. The first kappa shape index (κ1) is 29.4. The lowest BCUT2D eigenvalue weighted by Gasteiger charge is -2.31. The third-order valence-corrected chi connectivity index (χ3v) is 7.91. The van der Waals surface area contributed by atoms with E-state index in [4.69, 9.17) is 4.74 Å². The van der Waals surface area contributed by atoms with Crippen LogP contribution >= 0.6 is 0 Å². The van der Waals surface area contributed by atoms with Crippen molar-refractivity contribution < 1.29 is 36.7 Å². The SMILES string of the molecule is CCC(C)(C)CNc1ccc2c(c1)CC[C@@]21OC(=O)N(CC(=O)N(Cc2ccc(F)cc2)[C@@H](C)C(F)(F)F)C1=O. The molecule has 0 bridgehead atoms. The van der Waals surface area contributed by atoms with Gasteiger partial charge in [-0.2, -0.15) is 13.2 Å². The summed E-state index contributed by atoms with van der Waals surface area (Å²) in [6.45, 7) is 6.54. The summed E-state index contributed by atoms with van der Waals surface area (Å²) in [6.07, 6.45) is -4.25. The van der Waals surface area contributed by atoms with Crippen molar-refractivity contribution in [2.24, 2.45) is 5.41 Å². The molecule has 0 aromatic heterocycles. The Morgan fingerprint density at radius 2 is 1.82 bits per heavy atom. The van der Waals surface area contributed by atoms with Crippen LogP contribution in [-0.4, -0.2) is 53.0 Å². The molecule has 0 saturated carbocycles. The molecule has 1 fully saturated rings. The molecule has 3 amide bonds. The van der Waals surface area contributed by atoms with Gasteiger partial charge in [0.2, 0.25) is 11.5 Å². The number of rotatable bonds is 9. The number of aryl methyl sites for hydroxylation is 1. The first-order valence-corrected chi connectivity index (χ1v) is 13.2. The Labute approximate surface area is 230 Å². The van der Waals surface area contributed by atoms with Crippen molar-refractivity contribution in [1.82, 2.24) is 9.80 Å². The number of amides is 3. The van der Waals surface area contributed by atoms with Crippen LogP contribution in [0.5, 0.6) is 0 Å². The Morgan fingerprint density at radius 1 is 1.15 bits per heavy atom. The normalized spacial score (nSPS) is 19.6. The molecule has 1 saturated heterocycles. The minimum atomic E-state index is -4.77. The van der Waals surface area contributed by atoms with Gasteiger partial charge < -0.3 is 15.0 Å². The molecule has 4 rings (SSSR count). The summed E-state index contributed by atoms with van der Waals surface area (Å²) in [6, 6.07) is 7.88. The average molecular weight is 564 g/mol. The molecule has 1 spiro atoms.